The van der Waals surface area contributed by atoms with Gasteiger partial charge < -0.3 is 34.7 Å². The van der Waals surface area contributed by atoms with Crippen molar-refractivity contribution >= 4 is 69.4 Å². The molecular weight excluding hydrogens is 697 g/mol. The van der Waals surface area contributed by atoms with Crippen LogP contribution in [0.5, 0.6) is 0 Å². The molecule has 0 aliphatic carbocycles. The number of imidazole rings is 2. The minimum Gasteiger partial charge on any atom is -0.390 e. The Morgan fingerprint density at radius 2 is 1.78 bits per heavy atom. The second kappa shape index (κ2) is 13.3. The third-order valence-corrected chi connectivity index (χ3v) is 11.0. The number of anilines is 1. The minimum atomic E-state index is -5.72. The summed E-state index contributed by atoms with van der Waals surface area (Å²) in [5, 5.41) is 13.5. The Bertz CT molecular complexity index is 1930. The number of aliphatic hydroxyl groups is 1. The van der Waals surface area contributed by atoms with Crippen LogP contribution in [0.25, 0.3) is 16.8 Å². The van der Waals surface area contributed by atoms with E-state index in [-0.39, 0.29) is 29.5 Å². The number of amides is 1. The molecule has 0 bridgehead atoms. The van der Waals surface area contributed by atoms with E-state index < -0.39 is 48.5 Å². The minimum absolute atomic E-state index is 0.000716. The highest BCUT2D eigenvalue weighted by Gasteiger charge is 2.43. The number of ether oxygens (including phenoxy) is 1. The van der Waals surface area contributed by atoms with E-state index in [9.17, 15) is 38.2 Å². The topological polar surface area (TPSA) is 283 Å². The molecule has 1 aromatic carbocycles. The monoisotopic (exact) mass is 722 g/mol. The number of phosphoric ester groups is 1. The molecule has 0 radical (unpaired) electrons. The highest BCUT2D eigenvalue weighted by atomic mass is 32.2. The first-order valence-corrected chi connectivity index (χ1v) is 18.4. The summed E-state index contributed by atoms with van der Waals surface area (Å²) < 4.78 is 55.3. The van der Waals surface area contributed by atoms with Crippen molar-refractivity contribution in [3.63, 3.8) is 0 Å². The standard InChI is InChI=1S/C22H25N6O14P3S/c1-12(29)25-14-4-2-13(3-5-14)16(31)10-46-22-26-21-19(20-23-6-7-27(20)22)24-11-28(21)18-8-15(30)17(40-18)9-39-44(35,36)42-45(37,38)41-43(32,33)34/h2-7,11,15,17-18,30H,8-10H2,1H3,(H,25,29)(H,35,36)(H,37,38)(H2,32,33,34)/t15-,17+,18+/m0/s1. The Balaban J connectivity index is 1.29. The van der Waals surface area contributed by atoms with Gasteiger partial charge in [0.25, 0.3) is 0 Å². The van der Waals surface area contributed by atoms with E-state index in [4.69, 9.17) is 14.5 Å². The number of ketones is 1. The zero-order chi connectivity index (χ0) is 33.4. The van der Waals surface area contributed by atoms with Gasteiger partial charge in [-0.15, -0.1) is 0 Å². The number of aromatic nitrogens is 5. The first kappa shape index (κ1) is 34.5. The number of carbonyl (C=O) groups is 2. The summed E-state index contributed by atoms with van der Waals surface area (Å²) in [6.45, 7) is 0.529. The van der Waals surface area contributed by atoms with Crippen molar-refractivity contribution in [3.05, 3.63) is 48.5 Å². The van der Waals surface area contributed by atoms with Gasteiger partial charge in [-0.1, -0.05) is 11.8 Å². The van der Waals surface area contributed by atoms with Crippen LogP contribution in [0.15, 0.2) is 48.1 Å². The van der Waals surface area contributed by atoms with Gasteiger partial charge in [0.2, 0.25) is 5.91 Å². The van der Waals surface area contributed by atoms with Crippen LogP contribution >= 0.6 is 35.2 Å². The molecule has 4 aromatic rings. The number of rotatable bonds is 13. The molecule has 2 unspecified atom stereocenters. The molecule has 0 saturated carbocycles. The number of phosphoric acid groups is 3. The normalized spacial score (nSPS) is 21.3. The maximum Gasteiger partial charge on any atom is 0.490 e. The second-order valence-corrected chi connectivity index (χ2v) is 15.0. The quantitative estimate of drug-likeness (QED) is 0.0498. The van der Waals surface area contributed by atoms with E-state index in [1.165, 1.54) is 24.0 Å². The summed E-state index contributed by atoms with van der Waals surface area (Å²) >= 11 is 1.13. The SMILES string of the molecule is CC(=O)Nc1ccc(C(=O)CSc2nc3c(ncn3[C@H]3C[C@H](O)[C@@H](COP(=O)(O)OP(=O)(O)OP(=O)(O)O)O3)c3nccn23)cc1. The van der Waals surface area contributed by atoms with Gasteiger partial charge in [0, 0.05) is 37.0 Å². The van der Waals surface area contributed by atoms with Crippen LogP contribution in [-0.4, -0.2) is 84.9 Å². The molecule has 1 amide bonds. The summed E-state index contributed by atoms with van der Waals surface area (Å²) in [6, 6.07) is 6.41. The van der Waals surface area contributed by atoms with E-state index >= 15 is 0 Å². The molecule has 3 aromatic heterocycles. The van der Waals surface area contributed by atoms with Crippen molar-refractivity contribution in [2.24, 2.45) is 0 Å². The Morgan fingerprint density at radius 1 is 1.07 bits per heavy atom. The van der Waals surface area contributed by atoms with Crippen molar-refractivity contribution in [2.75, 3.05) is 17.7 Å². The van der Waals surface area contributed by atoms with E-state index in [2.05, 4.69) is 33.4 Å². The molecule has 1 aliphatic heterocycles. The zero-order valence-corrected chi connectivity index (χ0v) is 26.8. The Morgan fingerprint density at radius 3 is 2.46 bits per heavy atom. The first-order valence-electron chi connectivity index (χ1n) is 12.9. The summed E-state index contributed by atoms with van der Waals surface area (Å²) in [5.41, 5.74) is 2.03. The van der Waals surface area contributed by atoms with Gasteiger partial charge in [0.05, 0.1) is 24.8 Å². The average Bonchev–Trinajstić information content (AvgIpc) is 3.66. The van der Waals surface area contributed by atoms with Gasteiger partial charge in [-0.25, -0.2) is 28.6 Å². The lowest BCUT2D eigenvalue weighted by Crippen LogP contribution is -2.26. The molecule has 6 N–H and O–H groups in total. The second-order valence-electron chi connectivity index (χ2n) is 9.63. The number of hydrogen-bond donors (Lipinski definition) is 6. The van der Waals surface area contributed by atoms with Crippen molar-refractivity contribution in [1.82, 2.24) is 23.9 Å². The molecule has 1 fully saturated rings. The number of fused-ring (bicyclic) bond motifs is 3. The Hall–Kier alpha value is -2.87. The molecule has 20 nitrogen and oxygen atoms in total. The summed E-state index contributed by atoms with van der Waals surface area (Å²) in [6.07, 6.45) is 0.985. The molecule has 24 heteroatoms. The highest BCUT2D eigenvalue weighted by Crippen LogP contribution is 2.66. The lowest BCUT2D eigenvalue weighted by molar-refractivity contribution is -0.114. The maximum atomic E-state index is 12.9. The lowest BCUT2D eigenvalue weighted by Gasteiger charge is -2.19. The van der Waals surface area contributed by atoms with Gasteiger partial charge in [-0.05, 0) is 24.3 Å². The molecular formula is C22H25N6O14P3S. The molecule has 5 atom stereocenters. The summed E-state index contributed by atoms with van der Waals surface area (Å²) in [4.78, 5) is 73.8. The Kier molecular flexibility index (Phi) is 9.98. The maximum absolute atomic E-state index is 12.9. The lowest BCUT2D eigenvalue weighted by atomic mass is 10.1. The number of Topliss-reactive ketones (excluding diaryl/α,β-unsaturated/α-hetero) is 1. The van der Waals surface area contributed by atoms with Gasteiger partial charge in [0.1, 0.15) is 12.3 Å². The number of hydrogen-bond acceptors (Lipinski definition) is 14. The predicted molar refractivity (Wildman–Crippen MR) is 156 cm³/mol. The number of carbonyl (C=O) groups excluding carboxylic acids is 2. The zero-order valence-electron chi connectivity index (χ0n) is 23.3. The number of benzene rings is 1. The van der Waals surface area contributed by atoms with Crippen LogP contribution in [0.2, 0.25) is 0 Å². The Labute approximate surface area is 262 Å². The van der Waals surface area contributed by atoms with Crippen molar-refractivity contribution in [2.45, 2.75) is 36.9 Å². The van der Waals surface area contributed by atoms with E-state index in [1.807, 2.05) is 0 Å². The predicted octanol–water partition coefficient (Wildman–Crippen LogP) is 2.00. The molecule has 1 aliphatic rings. The van der Waals surface area contributed by atoms with E-state index in [0.29, 0.717) is 27.6 Å². The molecule has 0 spiro atoms. The van der Waals surface area contributed by atoms with Gasteiger partial charge in [-0.3, -0.25) is 23.1 Å². The average molecular weight is 722 g/mol. The molecule has 4 heterocycles. The fraction of sp³-hybridized carbons (Fsp3) is 0.318. The number of nitrogens with zero attached hydrogens (tertiary/aromatic N) is 5. The number of aliphatic hydroxyl groups excluding tert-OH is 1. The largest absolute Gasteiger partial charge is 0.490 e. The van der Waals surface area contributed by atoms with Crippen molar-refractivity contribution in [3.8, 4) is 0 Å². The van der Waals surface area contributed by atoms with Crippen LogP contribution in [0.4, 0.5) is 5.69 Å². The van der Waals surface area contributed by atoms with Crippen molar-refractivity contribution in [1.29, 1.82) is 0 Å². The van der Waals surface area contributed by atoms with Crippen LogP contribution in [-0.2, 0) is 36.4 Å². The summed E-state index contributed by atoms with van der Waals surface area (Å²) in [7, 11) is -16.7. The first-order chi connectivity index (χ1) is 21.5. The number of nitrogens with one attached hydrogen (secondary N) is 1. The van der Waals surface area contributed by atoms with Crippen LogP contribution in [0.3, 0.4) is 0 Å². The smallest absolute Gasteiger partial charge is 0.390 e. The van der Waals surface area contributed by atoms with Gasteiger partial charge in [0.15, 0.2) is 27.8 Å². The van der Waals surface area contributed by atoms with Crippen LogP contribution in [0, 0.1) is 0 Å². The fourth-order valence-electron chi connectivity index (χ4n) is 4.38. The highest BCUT2D eigenvalue weighted by molar-refractivity contribution is 7.99. The molecule has 46 heavy (non-hydrogen) atoms. The third kappa shape index (κ3) is 8.34. The molecule has 1 saturated heterocycles. The van der Waals surface area contributed by atoms with E-state index in [0.717, 1.165) is 11.8 Å². The van der Waals surface area contributed by atoms with Crippen molar-refractivity contribution < 1.29 is 65.8 Å². The number of thioether (sulfide) groups is 1. The molecule has 248 valence electrons. The van der Waals surface area contributed by atoms with Gasteiger partial charge in [-0.2, -0.15) is 8.62 Å². The summed E-state index contributed by atoms with van der Waals surface area (Å²) in [5.74, 6) is -0.444. The van der Waals surface area contributed by atoms with Crippen LogP contribution < -0.4 is 5.32 Å². The van der Waals surface area contributed by atoms with Crippen LogP contribution in [0.1, 0.15) is 29.9 Å². The fourth-order valence-corrected chi connectivity index (χ4v) is 8.27. The van der Waals surface area contributed by atoms with E-state index in [1.54, 1.807) is 34.9 Å². The van der Waals surface area contributed by atoms with Gasteiger partial charge >= 0.3 is 23.5 Å². The molecule has 5 rings (SSSR count). The third-order valence-electron chi connectivity index (χ3n) is 6.22.